The van der Waals surface area contributed by atoms with E-state index in [9.17, 15) is 23.3 Å². The van der Waals surface area contributed by atoms with Crippen molar-refractivity contribution in [2.24, 2.45) is 0 Å². The molecule has 0 atom stereocenters. The van der Waals surface area contributed by atoms with Crippen molar-refractivity contribution in [2.45, 2.75) is 6.18 Å². The molecule has 0 aliphatic heterocycles. The first-order valence-corrected chi connectivity index (χ1v) is 4.27. The Labute approximate surface area is 89.6 Å². The normalized spacial score (nSPS) is 11.5. The summed E-state index contributed by atoms with van der Waals surface area (Å²) in [5.41, 5.74) is -2.18. The number of rotatable bonds is 1. The van der Waals surface area contributed by atoms with Crippen molar-refractivity contribution in [1.29, 1.82) is 0 Å². The zero-order valence-corrected chi connectivity index (χ0v) is 8.46. The van der Waals surface area contributed by atoms with Gasteiger partial charge in [0.1, 0.15) is 0 Å². The fraction of sp³-hybridized carbons (Fsp3) is 0.143. The first-order valence-electron chi connectivity index (χ1n) is 3.47. The van der Waals surface area contributed by atoms with E-state index in [4.69, 9.17) is 5.11 Å². The lowest BCUT2D eigenvalue weighted by Gasteiger charge is -2.07. The number of benzene rings is 1. The molecule has 0 saturated carbocycles. The second-order valence-corrected chi connectivity index (χ2v) is 3.44. The van der Waals surface area contributed by atoms with Gasteiger partial charge in [0.15, 0.2) is 0 Å². The van der Waals surface area contributed by atoms with Crippen molar-refractivity contribution in [3.63, 3.8) is 0 Å². The molecule has 1 rings (SSSR count). The molecular weight excluding hydrogens is 283 g/mol. The Balaban J connectivity index is 3.43. The smallest absolute Gasteiger partial charge is 0.416 e. The molecule has 0 aliphatic carbocycles. The first-order chi connectivity index (χ1) is 6.73. The van der Waals surface area contributed by atoms with Gasteiger partial charge in [0.2, 0.25) is 5.75 Å². The molecule has 0 aliphatic rings. The summed E-state index contributed by atoms with van der Waals surface area (Å²) in [5.74, 6) is -0.826. The summed E-state index contributed by atoms with van der Waals surface area (Å²) >= 11 is 2.60. The van der Waals surface area contributed by atoms with Gasteiger partial charge in [-0.1, -0.05) is 0 Å². The number of alkyl halides is 3. The third kappa shape index (κ3) is 2.38. The topological polar surface area (TPSA) is 63.4 Å². The Hall–Kier alpha value is -1.31. The van der Waals surface area contributed by atoms with E-state index in [2.05, 4.69) is 15.9 Å². The number of halogens is 4. The van der Waals surface area contributed by atoms with Crippen LogP contribution in [0, 0.1) is 10.1 Å². The maximum atomic E-state index is 12.2. The van der Waals surface area contributed by atoms with E-state index in [0.29, 0.717) is 6.07 Å². The number of aromatic hydroxyl groups is 1. The summed E-state index contributed by atoms with van der Waals surface area (Å²) < 4.78 is 36.3. The fourth-order valence-corrected chi connectivity index (χ4v) is 1.34. The van der Waals surface area contributed by atoms with Crippen LogP contribution in [-0.2, 0) is 6.18 Å². The highest BCUT2D eigenvalue weighted by Crippen LogP contribution is 2.40. The van der Waals surface area contributed by atoms with Crippen LogP contribution in [0.15, 0.2) is 16.6 Å². The molecule has 0 spiro atoms. The van der Waals surface area contributed by atoms with Crippen molar-refractivity contribution in [1.82, 2.24) is 0 Å². The number of nitro benzene ring substituents is 1. The largest absolute Gasteiger partial charge is 0.501 e. The van der Waals surface area contributed by atoms with Crippen LogP contribution in [0.5, 0.6) is 5.75 Å². The van der Waals surface area contributed by atoms with Gasteiger partial charge in [-0.15, -0.1) is 0 Å². The van der Waals surface area contributed by atoms with E-state index >= 15 is 0 Å². The van der Waals surface area contributed by atoms with E-state index < -0.39 is 28.1 Å². The first kappa shape index (κ1) is 11.8. The van der Waals surface area contributed by atoms with Gasteiger partial charge in [-0.3, -0.25) is 10.1 Å². The molecule has 0 heterocycles. The second-order valence-electron chi connectivity index (χ2n) is 2.58. The van der Waals surface area contributed by atoms with Crippen LogP contribution in [0.4, 0.5) is 18.9 Å². The molecule has 0 radical (unpaired) electrons. The quantitative estimate of drug-likeness (QED) is 0.637. The van der Waals surface area contributed by atoms with Gasteiger partial charge in [-0.25, -0.2) is 0 Å². The fourth-order valence-electron chi connectivity index (χ4n) is 0.887. The summed E-state index contributed by atoms with van der Waals surface area (Å²) in [6, 6.07) is 0.850. The Morgan fingerprint density at radius 1 is 1.40 bits per heavy atom. The summed E-state index contributed by atoms with van der Waals surface area (Å²) in [6.07, 6.45) is -4.69. The maximum Gasteiger partial charge on any atom is 0.416 e. The molecule has 1 aromatic rings. The Bertz CT molecular complexity index is 419. The summed E-state index contributed by atoms with van der Waals surface area (Å²) in [7, 11) is 0. The molecule has 15 heavy (non-hydrogen) atoms. The van der Waals surface area contributed by atoms with Crippen molar-refractivity contribution >= 4 is 21.6 Å². The number of phenols is 1. The molecule has 0 unspecified atom stereocenters. The monoisotopic (exact) mass is 285 g/mol. The van der Waals surface area contributed by atoms with Gasteiger partial charge in [0.05, 0.1) is 15.0 Å². The van der Waals surface area contributed by atoms with E-state index in [-0.39, 0.29) is 10.5 Å². The summed E-state index contributed by atoms with van der Waals surface area (Å²) in [4.78, 5) is 9.22. The van der Waals surface area contributed by atoms with Crippen LogP contribution < -0.4 is 0 Å². The molecule has 0 fully saturated rings. The zero-order valence-electron chi connectivity index (χ0n) is 6.88. The molecule has 0 amide bonds. The van der Waals surface area contributed by atoms with E-state index in [1.54, 1.807) is 0 Å². The lowest BCUT2D eigenvalue weighted by molar-refractivity contribution is -0.386. The van der Waals surface area contributed by atoms with Crippen molar-refractivity contribution in [3.05, 3.63) is 32.3 Å². The van der Waals surface area contributed by atoms with Crippen LogP contribution in [0.1, 0.15) is 5.56 Å². The number of phenolic OH excluding ortho intramolecular Hbond substituents is 1. The standard InChI is InChI=1S/C7H3BrF3NO3/c8-4-1-3(7(9,10)11)2-5(6(4)13)12(14)15/h1-2,13H. The average Bonchev–Trinajstić information content (AvgIpc) is 2.06. The SMILES string of the molecule is O=[N+]([O-])c1cc(C(F)(F)F)cc(Br)c1O. The Kier molecular flexibility index (Phi) is 2.89. The maximum absolute atomic E-state index is 12.2. The molecule has 0 bridgehead atoms. The van der Waals surface area contributed by atoms with Crippen LogP contribution in [0.25, 0.3) is 0 Å². The summed E-state index contributed by atoms with van der Waals surface area (Å²) in [5, 5.41) is 19.4. The molecule has 1 N–H and O–H groups in total. The molecule has 0 saturated heterocycles. The lowest BCUT2D eigenvalue weighted by Crippen LogP contribution is -2.05. The minimum atomic E-state index is -4.69. The molecular formula is C7H3BrF3NO3. The highest BCUT2D eigenvalue weighted by Gasteiger charge is 2.34. The molecule has 8 heteroatoms. The number of hydrogen-bond donors (Lipinski definition) is 1. The van der Waals surface area contributed by atoms with Crippen LogP contribution in [0.3, 0.4) is 0 Å². The zero-order chi connectivity index (χ0) is 11.8. The molecule has 0 aromatic heterocycles. The van der Waals surface area contributed by atoms with Gasteiger partial charge in [0, 0.05) is 6.07 Å². The van der Waals surface area contributed by atoms with Gasteiger partial charge in [-0.2, -0.15) is 13.2 Å². The Morgan fingerprint density at radius 3 is 2.33 bits per heavy atom. The van der Waals surface area contributed by atoms with Crippen LogP contribution in [0.2, 0.25) is 0 Å². The van der Waals surface area contributed by atoms with Crippen molar-refractivity contribution in [2.75, 3.05) is 0 Å². The van der Waals surface area contributed by atoms with Gasteiger partial charge >= 0.3 is 11.9 Å². The molecule has 82 valence electrons. The molecule has 1 aromatic carbocycles. The third-order valence-corrected chi connectivity index (χ3v) is 2.17. The van der Waals surface area contributed by atoms with Gasteiger partial charge in [0.25, 0.3) is 0 Å². The predicted molar refractivity (Wildman–Crippen MR) is 47.5 cm³/mol. The van der Waals surface area contributed by atoms with E-state index in [1.165, 1.54) is 0 Å². The predicted octanol–water partition coefficient (Wildman–Crippen LogP) is 3.08. The Morgan fingerprint density at radius 2 is 1.93 bits per heavy atom. The number of hydrogen-bond acceptors (Lipinski definition) is 3. The van der Waals surface area contributed by atoms with Crippen LogP contribution >= 0.6 is 15.9 Å². The van der Waals surface area contributed by atoms with Gasteiger partial charge in [-0.05, 0) is 22.0 Å². The van der Waals surface area contributed by atoms with Crippen molar-refractivity contribution < 1.29 is 23.2 Å². The van der Waals surface area contributed by atoms with E-state index in [0.717, 1.165) is 0 Å². The van der Waals surface area contributed by atoms with Crippen molar-refractivity contribution in [3.8, 4) is 5.75 Å². The number of nitrogens with zero attached hydrogens (tertiary/aromatic N) is 1. The van der Waals surface area contributed by atoms with Crippen LogP contribution in [-0.4, -0.2) is 10.0 Å². The highest BCUT2D eigenvalue weighted by atomic mass is 79.9. The molecule has 4 nitrogen and oxygen atoms in total. The lowest BCUT2D eigenvalue weighted by atomic mass is 10.2. The second kappa shape index (κ2) is 3.69. The summed E-state index contributed by atoms with van der Waals surface area (Å²) in [6.45, 7) is 0. The third-order valence-electron chi connectivity index (χ3n) is 1.57. The van der Waals surface area contributed by atoms with E-state index in [1.807, 2.05) is 0 Å². The minimum Gasteiger partial charge on any atom is -0.501 e. The average molecular weight is 286 g/mol. The minimum absolute atomic E-state index is 0.278. The number of nitro groups is 1. The van der Waals surface area contributed by atoms with Gasteiger partial charge < -0.3 is 5.11 Å². The highest BCUT2D eigenvalue weighted by molar-refractivity contribution is 9.10.